The highest BCUT2D eigenvalue weighted by Crippen LogP contribution is 2.19. The zero-order valence-electron chi connectivity index (χ0n) is 11.3. The van der Waals surface area contributed by atoms with E-state index in [9.17, 15) is 5.11 Å². The van der Waals surface area contributed by atoms with Crippen molar-refractivity contribution in [1.82, 2.24) is 14.9 Å². The number of aryl methyl sites for hydroxylation is 1. The van der Waals surface area contributed by atoms with Crippen LogP contribution in [0.3, 0.4) is 0 Å². The molecule has 0 saturated carbocycles. The average molecular weight is 259 g/mol. The van der Waals surface area contributed by atoms with Gasteiger partial charge in [-0.2, -0.15) is 0 Å². The molecule has 1 atom stereocenters. The first-order chi connectivity index (χ1) is 9.24. The van der Waals surface area contributed by atoms with E-state index in [1.807, 2.05) is 49.8 Å². The summed E-state index contributed by atoms with van der Waals surface area (Å²) < 4.78 is 2.06. The van der Waals surface area contributed by atoms with Gasteiger partial charge in [0.15, 0.2) is 0 Å². The lowest BCUT2D eigenvalue weighted by Gasteiger charge is -2.29. The molecule has 2 aromatic rings. The molecular formula is C15H21N3O. The van der Waals surface area contributed by atoms with E-state index in [1.54, 1.807) is 6.20 Å². The maximum Gasteiger partial charge on any atom is 0.0945 e. The maximum atomic E-state index is 9.64. The van der Waals surface area contributed by atoms with Gasteiger partial charge < -0.3 is 15.0 Å². The Morgan fingerprint density at radius 1 is 1.32 bits per heavy atom. The van der Waals surface area contributed by atoms with E-state index in [4.69, 9.17) is 0 Å². The van der Waals surface area contributed by atoms with Crippen molar-refractivity contribution in [2.75, 3.05) is 13.2 Å². The van der Waals surface area contributed by atoms with Crippen LogP contribution in [0.25, 0.3) is 0 Å². The number of nitrogens with one attached hydrogen (secondary N) is 1. The molecule has 4 heteroatoms. The quantitative estimate of drug-likeness (QED) is 0.745. The fourth-order valence-corrected chi connectivity index (χ4v) is 2.10. The highest BCUT2D eigenvalue weighted by atomic mass is 16.3. The van der Waals surface area contributed by atoms with E-state index in [0.29, 0.717) is 0 Å². The van der Waals surface area contributed by atoms with E-state index in [1.165, 1.54) is 0 Å². The Labute approximate surface area is 114 Å². The summed E-state index contributed by atoms with van der Waals surface area (Å²) in [5.41, 5.74) is 0.732. The third-order valence-corrected chi connectivity index (χ3v) is 3.39. The lowest BCUT2D eigenvalue weighted by molar-refractivity contribution is 0.174. The van der Waals surface area contributed by atoms with Crippen molar-refractivity contribution in [3.8, 4) is 0 Å². The number of nitrogens with zero attached hydrogens (tertiary/aromatic N) is 2. The van der Waals surface area contributed by atoms with Crippen molar-refractivity contribution in [3.63, 3.8) is 0 Å². The summed E-state index contributed by atoms with van der Waals surface area (Å²) in [6.45, 7) is 3.90. The highest BCUT2D eigenvalue weighted by Gasteiger charge is 2.24. The standard InChI is InChI=1S/C15H21N3O/c1-15(12-19,14-6-3-2-4-7-14)17-8-5-10-18-11-9-16-13-18/h2-4,6-7,9,11,13,17,19H,5,8,10,12H2,1H3. The minimum Gasteiger partial charge on any atom is -0.394 e. The smallest absolute Gasteiger partial charge is 0.0945 e. The molecule has 0 aliphatic heterocycles. The summed E-state index contributed by atoms with van der Waals surface area (Å²) in [4.78, 5) is 4.02. The fourth-order valence-electron chi connectivity index (χ4n) is 2.10. The second-order valence-corrected chi connectivity index (χ2v) is 4.94. The van der Waals surface area contributed by atoms with Gasteiger partial charge in [0.05, 0.1) is 18.5 Å². The molecule has 0 aliphatic carbocycles. The lowest BCUT2D eigenvalue weighted by Crippen LogP contribution is -2.43. The van der Waals surface area contributed by atoms with E-state index < -0.39 is 0 Å². The molecular weight excluding hydrogens is 238 g/mol. The van der Waals surface area contributed by atoms with Gasteiger partial charge in [-0.25, -0.2) is 4.98 Å². The van der Waals surface area contributed by atoms with Gasteiger partial charge in [0.2, 0.25) is 0 Å². The molecule has 0 amide bonds. The predicted octanol–water partition coefficient (Wildman–Crippen LogP) is 1.77. The van der Waals surface area contributed by atoms with Crippen molar-refractivity contribution in [3.05, 3.63) is 54.6 Å². The van der Waals surface area contributed by atoms with E-state index in [-0.39, 0.29) is 12.1 Å². The van der Waals surface area contributed by atoms with Crippen LogP contribution in [-0.4, -0.2) is 27.8 Å². The molecule has 102 valence electrons. The van der Waals surface area contributed by atoms with Crippen LogP contribution in [0.15, 0.2) is 49.1 Å². The van der Waals surface area contributed by atoms with Crippen LogP contribution in [0.4, 0.5) is 0 Å². The number of hydrogen-bond donors (Lipinski definition) is 2. The van der Waals surface area contributed by atoms with Crippen molar-refractivity contribution in [1.29, 1.82) is 0 Å². The summed E-state index contributed by atoms with van der Waals surface area (Å²) >= 11 is 0. The Bertz CT molecular complexity index is 469. The van der Waals surface area contributed by atoms with E-state index in [0.717, 1.165) is 25.1 Å². The van der Waals surface area contributed by atoms with Crippen LogP contribution in [0.1, 0.15) is 18.9 Å². The molecule has 2 rings (SSSR count). The summed E-state index contributed by atoms with van der Waals surface area (Å²) in [6.07, 6.45) is 6.57. The molecule has 1 aromatic heterocycles. The zero-order valence-corrected chi connectivity index (χ0v) is 11.3. The summed E-state index contributed by atoms with van der Waals surface area (Å²) in [6, 6.07) is 10.1. The topological polar surface area (TPSA) is 50.1 Å². The van der Waals surface area contributed by atoms with Gasteiger partial charge >= 0.3 is 0 Å². The molecule has 0 aliphatic rings. The normalized spacial score (nSPS) is 14.2. The number of aromatic nitrogens is 2. The van der Waals surface area contributed by atoms with E-state index in [2.05, 4.69) is 14.9 Å². The molecule has 0 saturated heterocycles. The first kappa shape index (κ1) is 13.8. The molecule has 0 bridgehead atoms. The molecule has 0 spiro atoms. The lowest BCUT2D eigenvalue weighted by atomic mass is 9.93. The monoisotopic (exact) mass is 259 g/mol. The van der Waals surface area contributed by atoms with Gasteiger partial charge in [-0.15, -0.1) is 0 Å². The van der Waals surface area contributed by atoms with Crippen LogP contribution < -0.4 is 5.32 Å². The second-order valence-electron chi connectivity index (χ2n) is 4.94. The molecule has 1 unspecified atom stereocenters. The summed E-state index contributed by atoms with van der Waals surface area (Å²) in [7, 11) is 0. The minimum atomic E-state index is -0.379. The summed E-state index contributed by atoms with van der Waals surface area (Å²) in [5.74, 6) is 0. The first-order valence-corrected chi connectivity index (χ1v) is 6.62. The van der Waals surface area contributed by atoms with Crippen molar-refractivity contribution >= 4 is 0 Å². The van der Waals surface area contributed by atoms with Gasteiger partial charge in [0, 0.05) is 18.9 Å². The number of rotatable bonds is 7. The molecule has 0 radical (unpaired) electrons. The molecule has 0 fully saturated rings. The highest BCUT2D eigenvalue weighted by molar-refractivity contribution is 5.23. The second kappa shape index (κ2) is 6.50. The Morgan fingerprint density at radius 2 is 2.11 bits per heavy atom. The van der Waals surface area contributed by atoms with Crippen LogP contribution in [-0.2, 0) is 12.1 Å². The first-order valence-electron chi connectivity index (χ1n) is 6.62. The minimum absolute atomic E-state index is 0.0854. The van der Waals surface area contributed by atoms with Gasteiger partial charge in [0.25, 0.3) is 0 Å². The van der Waals surface area contributed by atoms with Gasteiger partial charge in [-0.3, -0.25) is 0 Å². The zero-order chi connectivity index (χ0) is 13.6. The number of imidazole rings is 1. The van der Waals surface area contributed by atoms with Crippen LogP contribution in [0.2, 0.25) is 0 Å². The van der Waals surface area contributed by atoms with Gasteiger partial charge in [0.1, 0.15) is 0 Å². The van der Waals surface area contributed by atoms with Crippen molar-refractivity contribution in [2.24, 2.45) is 0 Å². The Morgan fingerprint density at radius 3 is 2.74 bits per heavy atom. The fraction of sp³-hybridized carbons (Fsp3) is 0.400. The number of aliphatic hydroxyl groups excluding tert-OH is 1. The van der Waals surface area contributed by atoms with E-state index >= 15 is 0 Å². The molecule has 1 heterocycles. The largest absolute Gasteiger partial charge is 0.394 e. The number of aliphatic hydroxyl groups is 1. The van der Waals surface area contributed by atoms with Crippen molar-refractivity contribution < 1.29 is 5.11 Å². The molecule has 1 aromatic carbocycles. The Balaban J connectivity index is 1.85. The average Bonchev–Trinajstić information content (AvgIpc) is 2.97. The molecule has 2 N–H and O–H groups in total. The third kappa shape index (κ3) is 3.66. The number of hydrogen-bond acceptors (Lipinski definition) is 3. The predicted molar refractivity (Wildman–Crippen MR) is 75.7 cm³/mol. The third-order valence-electron chi connectivity index (χ3n) is 3.39. The van der Waals surface area contributed by atoms with Gasteiger partial charge in [-0.05, 0) is 25.5 Å². The Hall–Kier alpha value is -1.65. The van der Waals surface area contributed by atoms with Gasteiger partial charge in [-0.1, -0.05) is 30.3 Å². The number of benzene rings is 1. The van der Waals surface area contributed by atoms with Crippen LogP contribution in [0, 0.1) is 0 Å². The SMILES string of the molecule is CC(CO)(NCCCn1ccnc1)c1ccccc1. The van der Waals surface area contributed by atoms with Crippen molar-refractivity contribution in [2.45, 2.75) is 25.4 Å². The van der Waals surface area contributed by atoms with Crippen LogP contribution in [0.5, 0.6) is 0 Å². The Kier molecular flexibility index (Phi) is 4.71. The van der Waals surface area contributed by atoms with Crippen LogP contribution >= 0.6 is 0 Å². The molecule has 4 nitrogen and oxygen atoms in total. The maximum absolute atomic E-state index is 9.64. The summed E-state index contributed by atoms with van der Waals surface area (Å²) in [5, 5.41) is 13.1. The molecule has 19 heavy (non-hydrogen) atoms.